The Morgan fingerprint density at radius 3 is 2.71 bits per heavy atom. The number of anilines is 3. The van der Waals surface area contributed by atoms with E-state index in [9.17, 15) is 4.39 Å². The lowest BCUT2D eigenvalue weighted by Crippen LogP contribution is -2.29. The molecule has 2 aromatic heterocycles. The Kier molecular flexibility index (Phi) is 5.50. The number of nitrogens with two attached hydrogens (primary N) is 1. The van der Waals surface area contributed by atoms with E-state index in [0.717, 1.165) is 32.2 Å². The van der Waals surface area contributed by atoms with E-state index in [-0.39, 0.29) is 5.02 Å². The third-order valence-electron chi connectivity index (χ3n) is 5.07. The van der Waals surface area contributed by atoms with Crippen LogP contribution in [0, 0.1) is 11.7 Å². The molecule has 0 saturated heterocycles. The molecule has 7 nitrogen and oxygen atoms in total. The first-order valence-electron chi connectivity index (χ1n) is 9.29. The highest BCUT2D eigenvalue weighted by Gasteiger charge is 2.21. The zero-order chi connectivity index (χ0) is 19.5. The predicted molar refractivity (Wildman–Crippen MR) is 108 cm³/mol. The monoisotopic (exact) mass is 401 g/mol. The van der Waals surface area contributed by atoms with Crippen molar-refractivity contribution in [3.05, 3.63) is 41.6 Å². The summed E-state index contributed by atoms with van der Waals surface area (Å²) in [7, 11) is 0. The van der Waals surface area contributed by atoms with E-state index in [2.05, 4.69) is 30.6 Å². The number of halogens is 2. The molecule has 0 spiro atoms. The maximum atomic E-state index is 13.4. The molecule has 3 aromatic rings. The van der Waals surface area contributed by atoms with Crippen LogP contribution in [0.5, 0.6) is 0 Å². The minimum absolute atomic E-state index is 0.0356. The summed E-state index contributed by atoms with van der Waals surface area (Å²) >= 11 is 5.86. The third kappa shape index (κ3) is 4.13. The molecule has 0 bridgehead atoms. The number of fused-ring (bicyclic) bond motifs is 1. The normalized spacial score (nSPS) is 19.5. The van der Waals surface area contributed by atoms with Crippen molar-refractivity contribution in [3.63, 3.8) is 0 Å². The van der Waals surface area contributed by atoms with Gasteiger partial charge in [-0.3, -0.25) is 0 Å². The Bertz CT molecular complexity index is 976. The quantitative estimate of drug-likeness (QED) is 0.596. The topological polar surface area (TPSA) is 102 Å². The first-order valence-corrected chi connectivity index (χ1v) is 9.66. The van der Waals surface area contributed by atoms with Crippen LogP contribution < -0.4 is 16.4 Å². The van der Waals surface area contributed by atoms with Gasteiger partial charge in [0.2, 0.25) is 5.95 Å². The second-order valence-electron chi connectivity index (χ2n) is 7.00. The van der Waals surface area contributed by atoms with Crippen molar-refractivity contribution in [2.75, 3.05) is 17.2 Å². The van der Waals surface area contributed by atoms with Gasteiger partial charge < -0.3 is 16.4 Å². The number of aromatic nitrogens is 4. The Hall–Kier alpha value is -2.58. The minimum atomic E-state index is -0.474. The first-order chi connectivity index (χ1) is 13.6. The van der Waals surface area contributed by atoms with E-state index in [1.54, 1.807) is 12.3 Å². The summed E-state index contributed by atoms with van der Waals surface area (Å²) in [6.45, 7) is 0.749. The maximum absolute atomic E-state index is 13.4. The molecule has 0 amide bonds. The fourth-order valence-electron chi connectivity index (χ4n) is 3.45. The van der Waals surface area contributed by atoms with Gasteiger partial charge in [-0.25, -0.2) is 24.3 Å². The van der Waals surface area contributed by atoms with Crippen LogP contribution in [-0.2, 0) is 0 Å². The molecule has 4 rings (SSSR count). The predicted octanol–water partition coefficient (Wildman–Crippen LogP) is 3.89. The van der Waals surface area contributed by atoms with E-state index < -0.39 is 5.82 Å². The average molecular weight is 402 g/mol. The van der Waals surface area contributed by atoms with Gasteiger partial charge in [-0.15, -0.1) is 0 Å². The van der Waals surface area contributed by atoms with E-state index in [1.165, 1.54) is 18.5 Å². The zero-order valence-electron chi connectivity index (χ0n) is 15.2. The lowest BCUT2D eigenvalue weighted by atomic mass is 9.86. The van der Waals surface area contributed by atoms with E-state index in [1.807, 2.05) is 0 Å². The van der Waals surface area contributed by atoms with Crippen LogP contribution in [0.25, 0.3) is 11.0 Å². The number of rotatable bonds is 5. The van der Waals surface area contributed by atoms with Crippen molar-refractivity contribution in [1.82, 2.24) is 19.9 Å². The number of nitrogens with one attached hydrogen (secondary N) is 2. The summed E-state index contributed by atoms with van der Waals surface area (Å²) in [6.07, 6.45) is 7.43. The summed E-state index contributed by atoms with van der Waals surface area (Å²) in [5.74, 6) is 1.18. The van der Waals surface area contributed by atoms with E-state index in [0.29, 0.717) is 40.4 Å². The summed E-state index contributed by atoms with van der Waals surface area (Å²) in [5.41, 5.74) is 7.57. The van der Waals surface area contributed by atoms with Crippen molar-refractivity contribution >= 4 is 40.1 Å². The standard InChI is InChI=1S/C19H21ClFN7/c20-14-7-13(5-6-15(14)21)26-18-17-16(24-10-25-18)9-23-19(28-17)27-12-3-1-11(8-22)2-4-12/h5-7,9-12H,1-4,8,22H2,(H,23,27,28)(H,24,25,26)/t11-,12-. The van der Waals surface area contributed by atoms with Crippen LogP contribution in [0.15, 0.2) is 30.7 Å². The third-order valence-corrected chi connectivity index (χ3v) is 5.36. The molecule has 146 valence electrons. The second kappa shape index (κ2) is 8.20. The molecule has 0 unspecified atom stereocenters. The zero-order valence-corrected chi connectivity index (χ0v) is 16.0. The number of benzene rings is 1. The van der Waals surface area contributed by atoms with Crippen molar-refractivity contribution in [1.29, 1.82) is 0 Å². The average Bonchev–Trinajstić information content (AvgIpc) is 2.72. The second-order valence-corrected chi connectivity index (χ2v) is 7.41. The Labute approximate surface area is 167 Å². The molecule has 9 heteroatoms. The van der Waals surface area contributed by atoms with Gasteiger partial charge in [0.25, 0.3) is 0 Å². The van der Waals surface area contributed by atoms with Crippen molar-refractivity contribution in [3.8, 4) is 0 Å². The van der Waals surface area contributed by atoms with Gasteiger partial charge in [-0.2, -0.15) is 0 Å². The van der Waals surface area contributed by atoms with Gasteiger partial charge in [0.05, 0.1) is 11.2 Å². The van der Waals surface area contributed by atoms with Crippen molar-refractivity contribution < 1.29 is 4.39 Å². The van der Waals surface area contributed by atoms with E-state index >= 15 is 0 Å². The van der Waals surface area contributed by atoms with Gasteiger partial charge >= 0.3 is 0 Å². The molecule has 0 aliphatic heterocycles. The van der Waals surface area contributed by atoms with Gasteiger partial charge in [-0.05, 0) is 56.3 Å². The maximum Gasteiger partial charge on any atom is 0.223 e. The Balaban J connectivity index is 1.56. The molecule has 1 aliphatic rings. The number of hydrogen-bond donors (Lipinski definition) is 3. The fraction of sp³-hybridized carbons (Fsp3) is 0.368. The van der Waals surface area contributed by atoms with Crippen LogP contribution >= 0.6 is 11.6 Å². The molecule has 1 fully saturated rings. The summed E-state index contributed by atoms with van der Waals surface area (Å²) in [4.78, 5) is 17.5. The summed E-state index contributed by atoms with van der Waals surface area (Å²) < 4.78 is 13.4. The summed E-state index contributed by atoms with van der Waals surface area (Å²) in [5, 5.41) is 6.57. The molecule has 0 atom stereocenters. The van der Waals surface area contributed by atoms with Gasteiger partial charge in [0.1, 0.15) is 23.2 Å². The SMILES string of the molecule is NC[C@H]1CC[C@H](Nc2ncc3ncnc(Nc4ccc(F)c(Cl)c4)c3n2)CC1. The smallest absolute Gasteiger partial charge is 0.223 e. The van der Waals surface area contributed by atoms with Crippen LogP contribution in [0.2, 0.25) is 5.02 Å². The number of nitrogens with zero attached hydrogens (tertiary/aromatic N) is 4. The molecule has 1 aliphatic carbocycles. The fourth-order valence-corrected chi connectivity index (χ4v) is 3.63. The van der Waals surface area contributed by atoms with Crippen LogP contribution in [0.3, 0.4) is 0 Å². The molecular formula is C19H21ClFN7. The lowest BCUT2D eigenvalue weighted by Gasteiger charge is -2.28. The van der Waals surface area contributed by atoms with Gasteiger partial charge in [-0.1, -0.05) is 11.6 Å². The van der Waals surface area contributed by atoms with Gasteiger partial charge in [0, 0.05) is 11.7 Å². The molecule has 2 heterocycles. The highest BCUT2D eigenvalue weighted by molar-refractivity contribution is 6.31. The largest absolute Gasteiger partial charge is 0.351 e. The molecule has 1 aromatic carbocycles. The Morgan fingerprint density at radius 1 is 1.14 bits per heavy atom. The molecule has 28 heavy (non-hydrogen) atoms. The summed E-state index contributed by atoms with van der Waals surface area (Å²) in [6, 6.07) is 4.72. The highest BCUT2D eigenvalue weighted by atomic mass is 35.5. The van der Waals surface area contributed by atoms with Crippen LogP contribution in [-0.4, -0.2) is 32.5 Å². The first kappa shape index (κ1) is 18.8. The molecule has 0 radical (unpaired) electrons. The Morgan fingerprint density at radius 2 is 1.96 bits per heavy atom. The number of hydrogen-bond acceptors (Lipinski definition) is 7. The minimum Gasteiger partial charge on any atom is -0.351 e. The van der Waals surface area contributed by atoms with E-state index in [4.69, 9.17) is 17.3 Å². The van der Waals surface area contributed by atoms with Crippen LogP contribution in [0.1, 0.15) is 25.7 Å². The van der Waals surface area contributed by atoms with Crippen LogP contribution in [0.4, 0.5) is 21.8 Å². The molecule has 1 saturated carbocycles. The molecule has 4 N–H and O–H groups in total. The van der Waals surface area contributed by atoms with Crippen molar-refractivity contribution in [2.45, 2.75) is 31.7 Å². The highest BCUT2D eigenvalue weighted by Crippen LogP contribution is 2.27. The van der Waals surface area contributed by atoms with Crippen molar-refractivity contribution in [2.24, 2.45) is 11.7 Å². The molecular weight excluding hydrogens is 381 g/mol. The van der Waals surface area contributed by atoms with Gasteiger partial charge in [0.15, 0.2) is 5.82 Å². The lowest BCUT2D eigenvalue weighted by molar-refractivity contribution is 0.344.